The lowest BCUT2D eigenvalue weighted by Crippen LogP contribution is -2.36. The summed E-state index contributed by atoms with van der Waals surface area (Å²) in [6.07, 6.45) is 2.51. The van der Waals surface area contributed by atoms with E-state index in [1.807, 2.05) is 19.2 Å². The Morgan fingerprint density at radius 1 is 1.39 bits per heavy atom. The maximum Gasteiger partial charge on any atom is 0.137 e. The maximum atomic E-state index is 13.1. The summed E-state index contributed by atoms with van der Waals surface area (Å²) in [7, 11) is 2.02. The second kappa shape index (κ2) is 6.64. The molecule has 1 aliphatic heterocycles. The standard InChI is InChI=1S/C14H20BrFN2/c1-17-9-11-4-6-18(7-5-11)10-12-2-3-14(16)13(15)8-12/h2-3,8,11,17H,4-7,9-10H2,1H3. The summed E-state index contributed by atoms with van der Waals surface area (Å²) in [5.74, 6) is 0.623. The number of hydrogen-bond donors (Lipinski definition) is 1. The van der Waals surface area contributed by atoms with Crippen molar-refractivity contribution >= 4 is 15.9 Å². The molecule has 2 rings (SSSR count). The molecule has 1 aromatic rings. The van der Waals surface area contributed by atoms with Gasteiger partial charge in [-0.15, -0.1) is 0 Å². The highest BCUT2D eigenvalue weighted by molar-refractivity contribution is 9.10. The Morgan fingerprint density at radius 3 is 2.72 bits per heavy atom. The van der Waals surface area contributed by atoms with Gasteiger partial charge in [-0.2, -0.15) is 0 Å². The molecule has 1 heterocycles. The van der Waals surface area contributed by atoms with Gasteiger partial charge in [0, 0.05) is 6.54 Å². The van der Waals surface area contributed by atoms with Crippen LogP contribution >= 0.6 is 15.9 Å². The molecule has 1 aliphatic rings. The lowest BCUT2D eigenvalue weighted by atomic mass is 9.96. The summed E-state index contributed by atoms with van der Waals surface area (Å²) in [5.41, 5.74) is 1.18. The van der Waals surface area contributed by atoms with Gasteiger partial charge in [0.2, 0.25) is 0 Å². The first-order chi connectivity index (χ1) is 8.69. The molecule has 2 nitrogen and oxygen atoms in total. The summed E-state index contributed by atoms with van der Waals surface area (Å²) in [6.45, 7) is 4.32. The zero-order valence-corrected chi connectivity index (χ0v) is 12.3. The molecule has 0 radical (unpaired) electrons. The summed E-state index contributed by atoms with van der Waals surface area (Å²) >= 11 is 3.24. The Balaban J connectivity index is 1.85. The van der Waals surface area contributed by atoms with Crippen LogP contribution in [-0.2, 0) is 6.54 Å². The van der Waals surface area contributed by atoms with E-state index < -0.39 is 0 Å². The summed E-state index contributed by atoms with van der Waals surface area (Å²) in [6, 6.07) is 5.29. The molecule has 100 valence electrons. The first kappa shape index (κ1) is 14.0. The van der Waals surface area contributed by atoms with Crippen LogP contribution in [0.25, 0.3) is 0 Å². The number of hydrogen-bond acceptors (Lipinski definition) is 2. The zero-order chi connectivity index (χ0) is 13.0. The Morgan fingerprint density at radius 2 is 2.11 bits per heavy atom. The molecule has 18 heavy (non-hydrogen) atoms. The Hall–Kier alpha value is -0.450. The van der Waals surface area contributed by atoms with Crippen molar-refractivity contribution in [1.29, 1.82) is 0 Å². The van der Waals surface area contributed by atoms with Crippen molar-refractivity contribution in [3.8, 4) is 0 Å². The van der Waals surface area contributed by atoms with Gasteiger partial charge < -0.3 is 5.32 Å². The molecule has 0 atom stereocenters. The third-order valence-electron chi connectivity index (χ3n) is 3.59. The molecular weight excluding hydrogens is 295 g/mol. The number of likely N-dealkylation sites (tertiary alicyclic amines) is 1. The van der Waals surface area contributed by atoms with E-state index in [9.17, 15) is 4.39 Å². The van der Waals surface area contributed by atoms with Crippen LogP contribution in [0.1, 0.15) is 18.4 Å². The molecule has 0 amide bonds. The van der Waals surface area contributed by atoms with Gasteiger partial charge >= 0.3 is 0 Å². The van der Waals surface area contributed by atoms with Crippen molar-refractivity contribution in [1.82, 2.24) is 10.2 Å². The van der Waals surface area contributed by atoms with Crippen molar-refractivity contribution < 1.29 is 4.39 Å². The van der Waals surface area contributed by atoms with Crippen LogP contribution in [0.4, 0.5) is 4.39 Å². The van der Waals surface area contributed by atoms with Gasteiger partial charge in [0.05, 0.1) is 4.47 Å². The molecule has 0 saturated carbocycles. The first-order valence-electron chi connectivity index (χ1n) is 6.50. The number of nitrogens with zero attached hydrogens (tertiary/aromatic N) is 1. The molecule has 1 saturated heterocycles. The molecule has 0 unspecified atom stereocenters. The van der Waals surface area contributed by atoms with E-state index in [0.29, 0.717) is 4.47 Å². The van der Waals surface area contributed by atoms with Crippen LogP contribution in [-0.4, -0.2) is 31.6 Å². The van der Waals surface area contributed by atoms with E-state index in [-0.39, 0.29) is 5.82 Å². The highest BCUT2D eigenvalue weighted by atomic mass is 79.9. The van der Waals surface area contributed by atoms with Gasteiger partial charge in [-0.1, -0.05) is 6.07 Å². The predicted octanol–water partition coefficient (Wildman–Crippen LogP) is 3.02. The maximum absolute atomic E-state index is 13.1. The number of piperidine rings is 1. The van der Waals surface area contributed by atoms with E-state index in [0.717, 1.165) is 32.1 Å². The molecule has 0 bridgehead atoms. The quantitative estimate of drug-likeness (QED) is 0.919. The Labute approximate surface area is 117 Å². The average Bonchev–Trinajstić information content (AvgIpc) is 2.37. The highest BCUT2D eigenvalue weighted by Gasteiger charge is 2.18. The molecule has 0 aromatic heterocycles. The molecule has 1 aromatic carbocycles. The molecule has 1 N–H and O–H groups in total. The fraction of sp³-hybridized carbons (Fsp3) is 0.571. The van der Waals surface area contributed by atoms with Crippen molar-refractivity contribution in [2.24, 2.45) is 5.92 Å². The van der Waals surface area contributed by atoms with E-state index in [1.54, 1.807) is 0 Å². The van der Waals surface area contributed by atoms with Crippen LogP contribution in [0.2, 0.25) is 0 Å². The Kier molecular flexibility index (Phi) is 5.15. The summed E-state index contributed by atoms with van der Waals surface area (Å²) in [4.78, 5) is 2.45. The predicted molar refractivity (Wildman–Crippen MR) is 76.0 cm³/mol. The highest BCUT2D eigenvalue weighted by Crippen LogP contribution is 2.21. The first-order valence-corrected chi connectivity index (χ1v) is 7.29. The minimum absolute atomic E-state index is 0.188. The fourth-order valence-corrected chi connectivity index (χ4v) is 2.96. The van der Waals surface area contributed by atoms with Crippen LogP contribution in [0.15, 0.2) is 22.7 Å². The van der Waals surface area contributed by atoms with Crippen LogP contribution in [0.5, 0.6) is 0 Å². The number of halogens is 2. The monoisotopic (exact) mass is 314 g/mol. The summed E-state index contributed by atoms with van der Waals surface area (Å²) in [5, 5.41) is 3.25. The van der Waals surface area contributed by atoms with Crippen LogP contribution in [0.3, 0.4) is 0 Å². The van der Waals surface area contributed by atoms with E-state index in [1.165, 1.54) is 24.5 Å². The molecule has 0 spiro atoms. The third-order valence-corrected chi connectivity index (χ3v) is 4.20. The van der Waals surface area contributed by atoms with Crippen LogP contribution < -0.4 is 5.32 Å². The van der Waals surface area contributed by atoms with Gasteiger partial charge in [-0.3, -0.25) is 4.90 Å². The Bertz CT molecular complexity index is 389. The van der Waals surface area contributed by atoms with E-state index in [2.05, 4.69) is 26.1 Å². The molecule has 0 aliphatic carbocycles. The molecular formula is C14H20BrFN2. The van der Waals surface area contributed by atoms with Gasteiger partial charge in [0.25, 0.3) is 0 Å². The lowest BCUT2D eigenvalue weighted by Gasteiger charge is -2.31. The third kappa shape index (κ3) is 3.77. The minimum Gasteiger partial charge on any atom is -0.319 e. The smallest absolute Gasteiger partial charge is 0.137 e. The number of rotatable bonds is 4. The normalized spacial score (nSPS) is 18.2. The zero-order valence-electron chi connectivity index (χ0n) is 10.8. The lowest BCUT2D eigenvalue weighted by molar-refractivity contribution is 0.176. The van der Waals surface area contributed by atoms with Gasteiger partial charge in [0.1, 0.15) is 5.82 Å². The van der Waals surface area contributed by atoms with E-state index >= 15 is 0 Å². The fourth-order valence-electron chi connectivity index (χ4n) is 2.53. The second-order valence-corrected chi connectivity index (χ2v) is 5.88. The van der Waals surface area contributed by atoms with Gasteiger partial charge in [0.15, 0.2) is 0 Å². The molecule has 4 heteroatoms. The van der Waals surface area contributed by atoms with Gasteiger partial charge in [-0.25, -0.2) is 4.39 Å². The largest absolute Gasteiger partial charge is 0.319 e. The van der Waals surface area contributed by atoms with Crippen molar-refractivity contribution in [2.45, 2.75) is 19.4 Å². The van der Waals surface area contributed by atoms with Crippen molar-refractivity contribution in [2.75, 3.05) is 26.7 Å². The number of nitrogens with one attached hydrogen (secondary N) is 1. The van der Waals surface area contributed by atoms with Crippen molar-refractivity contribution in [3.63, 3.8) is 0 Å². The van der Waals surface area contributed by atoms with E-state index in [4.69, 9.17) is 0 Å². The number of benzene rings is 1. The SMILES string of the molecule is CNCC1CCN(Cc2ccc(F)c(Br)c2)CC1. The van der Waals surface area contributed by atoms with Gasteiger partial charge in [-0.05, 0) is 79.1 Å². The van der Waals surface area contributed by atoms with Crippen molar-refractivity contribution in [3.05, 3.63) is 34.1 Å². The molecule has 1 fully saturated rings. The second-order valence-electron chi connectivity index (χ2n) is 5.03. The van der Waals surface area contributed by atoms with Crippen LogP contribution in [0, 0.1) is 11.7 Å². The summed E-state index contributed by atoms with van der Waals surface area (Å²) < 4.78 is 13.7. The average molecular weight is 315 g/mol. The minimum atomic E-state index is -0.188. The topological polar surface area (TPSA) is 15.3 Å².